The number of rotatable bonds is 6. The number of amides is 1. The highest BCUT2D eigenvalue weighted by molar-refractivity contribution is 6.04. The van der Waals surface area contributed by atoms with Crippen LogP contribution in [0.4, 0.5) is 17.2 Å². The lowest BCUT2D eigenvalue weighted by Crippen LogP contribution is -2.18. The maximum Gasteiger partial charge on any atom is 0.257 e. The van der Waals surface area contributed by atoms with E-state index in [1.807, 2.05) is 72.6 Å². The Labute approximate surface area is 170 Å². The fraction of sp³-hybridized carbons (Fsp3) is 0.217. The molecule has 1 aliphatic rings. The van der Waals surface area contributed by atoms with Crippen LogP contribution >= 0.6 is 0 Å². The minimum Gasteiger partial charge on any atom is -0.486 e. The molecule has 1 N–H and O–H groups in total. The maximum atomic E-state index is 12.7. The van der Waals surface area contributed by atoms with Gasteiger partial charge in [0.2, 0.25) is 0 Å². The highest BCUT2D eigenvalue weighted by Gasteiger charge is 2.19. The molecule has 3 aromatic rings. The van der Waals surface area contributed by atoms with Gasteiger partial charge in [-0.1, -0.05) is 30.3 Å². The van der Waals surface area contributed by atoms with Gasteiger partial charge in [-0.05, 0) is 36.4 Å². The minimum absolute atomic E-state index is 0.0162. The predicted octanol–water partition coefficient (Wildman–Crippen LogP) is 4.27. The fourth-order valence-corrected chi connectivity index (χ4v) is 3.16. The van der Waals surface area contributed by atoms with Crippen LogP contribution in [0.2, 0.25) is 0 Å². The molecule has 6 nitrogen and oxygen atoms in total. The van der Waals surface area contributed by atoms with E-state index in [1.165, 1.54) is 0 Å². The number of ether oxygens (including phenoxy) is 2. The molecular formula is C23H23N3O3. The molecule has 0 bridgehead atoms. The van der Waals surface area contributed by atoms with Gasteiger partial charge in [-0.25, -0.2) is 4.98 Å². The smallest absolute Gasteiger partial charge is 0.257 e. The normalized spacial score (nSPS) is 15.7. The average Bonchev–Trinajstić information content (AvgIpc) is 3.28. The van der Waals surface area contributed by atoms with Crippen molar-refractivity contribution in [2.24, 2.45) is 0 Å². The second-order valence-electron chi connectivity index (χ2n) is 6.85. The van der Waals surface area contributed by atoms with Gasteiger partial charge >= 0.3 is 0 Å². The van der Waals surface area contributed by atoms with Crippen LogP contribution in [-0.4, -0.2) is 37.3 Å². The van der Waals surface area contributed by atoms with Crippen LogP contribution < -0.4 is 15.0 Å². The third kappa shape index (κ3) is 4.55. The molecule has 1 saturated heterocycles. The first-order valence-electron chi connectivity index (χ1n) is 9.60. The minimum atomic E-state index is -0.231. The predicted molar refractivity (Wildman–Crippen MR) is 113 cm³/mol. The van der Waals surface area contributed by atoms with E-state index < -0.39 is 0 Å². The Morgan fingerprint density at radius 1 is 1.10 bits per heavy atom. The molecule has 1 aromatic heterocycles. The van der Waals surface area contributed by atoms with Crippen molar-refractivity contribution in [3.05, 3.63) is 78.5 Å². The summed E-state index contributed by atoms with van der Waals surface area (Å²) < 4.78 is 11.3. The number of nitrogens with zero attached hydrogens (tertiary/aromatic N) is 2. The lowest BCUT2D eigenvalue weighted by atomic mass is 10.2. The third-order valence-corrected chi connectivity index (χ3v) is 4.81. The van der Waals surface area contributed by atoms with Crippen LogP contribution in [0.15, 0.2) is 72.9 Å². The van der Waals surface area contributed by atoms with Crippen molar-refractivity contribution in [3.8, 4) is 5.75 Å². The molecule has 148 valence electrons. The van der Waals surface area contributed by atoms with E-state index in [9.17, 15) is 4.79 Å². The monoisotopic (exact) mass is 389 g/mol. The van der Waals surface area contributed by atoms with Gasteiger partial charge in [-0.2, -0.15) is 0 Å². The molecule has 0 aliphatic carbocycles. The number of hydrogen-bond acceptors (Lipinski definition) is 5. The second-order valence-corrected chi connectivity index (χ2v) is 6.85. The van der Waals surface area contributed by atoms with Gasteiger partial charge in [0.1, 0.15) is 17.7 Å². The number of aromatic nitrogens is 1. The third-order valence-electron chi connectivity index (χ3n) is 4.81. The van der Waals surface area contributed by atoms with Crippen LogP contribution in [0.5, 0.6) is 5.75 Å². The largest absolute Gasteiger partial charge is 0.486 e. The molecule has 0 spiro atoms. The molecule has 6 heteroatoms. The molecule has 2 aromatic carbocycles. The van der Waals surface area contributed by atoms with Crippen LogP contribution in [-0.2, 0) is 4.74 Å². The van der Waals surface area contributed by atoms with Crippen molar-refractivity contribution >= 4 is 23.1 Å². The quantitative estimate of drug-likeness (QED) is 0.682. The summed E-state index contributed by atoms with van der Waals surface area (Å²) in [4.78, 5) is 19.1. The first kappa shape index (κ1) is 19.0. The Morgan fingerprint density at radius 2 is 1.90 bits per heavy atom. The number of pyridine rings is 1. The first-order chi connectivity index (χ1) is 14.2. The Bertz CT molecular complexity index is 955. The van der Waals surface area contributed by atoms with E-state index in [-0.39, 0.29) is 12.0 Å². The SMILES string of the molecule is CN(c1ccccc1)c1ccc(C(=O)Nc2ccccc2OC2CCOC2)cn1. The topological polar surface area (TPSA) is 63.7 Å². The van der Waals surface area contributed by atoms with Crippen molar-refractivity contribution in [1.82, 2.24) is 4.98 Å². The molecular weight excluding hydrogens is 366 g/mol. The molecule has 0 radical (unpaired) electrons. The maximum absolute atomic E-state index is 12.7. The van der Waals surface area contributed by atoms with Crippen LogP contribution in [0.25, 0.3) is 0 Å². The summed E-state index contributed by atoms with van der Waals surface area (Å²) in [5.41, 5.74) is 2.14. The molecule has 2 heterocycles. The van der Waals surface area contributed by atoms with Crippen molar-refractivity contribution < 1.29 is 14.3 Å². The zero-order valence-corrected chi connectivity index (χ0v) is 16.2. The number of anilines is 3. The van der Waals surface area contributed by atoms with Gasteiger partial charge in [0.15, 0.2) is 0 Å². The molecule has 1 atom stereocenters. The Hall–Kier alpha value is -3.38. The summed E-state index contributed by atoms with van der Waals surface area (Å²) >= 11 is 0. The van der Waals surface area contributed by atoms with Gasteiger partial charge in [-0.3, -0.25) is 4.79 Å². The lowest BCUT2D eigenvalue weighted by Gasteiger charge is -2.18. The van der Waals surface area contributed by atoms with E-state index in [0.717, 1.165) is 17.9 Å². The molecule has 4 rings (SSSR count). The highest BCUT2D eigenvalue weighted by atomic mass is 16.5. The summed E-state index contributed by atoms with van der Waals surface area (Å²) in [5, 5.41) is 2.92. The summed E-state index contributed by atoms with van der Waals surface area (Å²) in [6, 6.07) is 21.0. The van der Waals surface area contributed by atoms with Crippen LogP contribution in [0.3, 0.4) is 0 Å². The van der Waals surface area contributed by atoms with Gasteiger partial charge in [-0.15, -0.1) is 0 Å². The number of nitrogens with one attached hydrogen (secondary N) is 1. The summed E-state index contributed by atoms with van der Waals surface area (Å²) in [6.45, 7) is 1.28. The van der Waals surface area contributed by atoms with Gasteiger partial charge in [0.25, 0.3) is 5.91 Å². The van der Waals surface area contributed by atoms with E-state index in [2.05, 4.69) is 10.3 Å². The van der Waals surface area contributed by atoms with Crippen molar-refractivity contribution in [2.45, 2.75) is 12.5 Å². The van der Waals surface area contributed by atoms with E-state index in [0.29, 0.717) is 30.2 Å². The second kappa shape index (κ2) is 8.75. The molecule has 29 heavy (non-hydrogen) atoms. The Kier molecular flexibility index (Phi) is 5.72. The summed E-state index contributed by atoms with van der Waals surface area (Å²) in [5.74, 6) is 1.17. The number of benzene rings is 2. The number of carbonyl (C=O) groups is 1. The Balaban J connectivity index is 1.45. The molecule has 0 saturated carbocycles. The number of hydrogen-bond donors (Lipinski definition) is 1. The highest BCUT2D eigenvalue weighted by Crippen LogP contribution is 2.27. The zero-order chi connectivity index (χ0) is 20.1. The molecule has 1 amide bonds. The standard InChI is InChI=1S/C23H23N3O3/c1-26(18-7-3-2-4-8-18)22-12-11-17(15-24-22)23(27)25-20-9-5-6-10-21(20)29-19-13-14-28-16-19/h2-12,15,19H,13-14,16H2,1H3,(H,25,27). The first-order valence-corrected chi connectivity index (χ1v) is 9.60. The number of para-hydroxylation sites is 3. The van der Waals surface area contributed by atoms with Gasteiger partial charge in [0.05, 0.1) is 24.5 Å². The molecule has 1 fully saturated rings. The molecule has 1 unspecified atom stereocenters. The Morgan fingerprint density at radius 3 is 2.62 bits per heavy atom. The average molecular weight is 389 g/mol. The summed E-state index contributed by atoms with van der Waals surface area (Å²) in [7, 11) is 1.94. The lowest BCUT2D eigenvalue weighted by molar-refractivity contribution is 0.102. The number of carbonyl (C=O) groups excluding carboxylic acids is 1. The van der Waals surface area contributed by atoms with Crippen molar-refractivity contribution in [2.75, 3.05) is 30.5 Å². The van der Waals surface area contributed by atoms with Crippen LogP contribution in [0, 0.1) is 0 Å². The fourth-order valence-electron chi connectivity index (χ4n) is 3.16. The van der Waals surface area contributed by atoms with Crippen LogP contribution in [0.1, 0.15) is 16.8 Å². The molecule has 1 aliphatic heterocycles. The van der Waals surface area contributed by atoms with Gasteiger partial charge in [0, 0.05) is 25.4 Å². The summed E-state index contributed by atoms with van der Waals surface area (Å²) in [6.07, 6.45) is 2.45. The van der Waals surface area contributed by atoms with E-state index >= 15 is 0 Å². The van der Waals surface area contributed by atoms with Crippen molar-refractivity contribution in [1.29, 1.82) is 0 Å². The van der Waals surface area contributed by atoms with E-state index in [4.69, 9.17) is 9.47 Å². The van der Waals surface area contributed by atoms with Gasteiger partial charge < -0.3 is 19.7 Å². The van der Waals surface area contributed by atoms with Crippen molar-refractivity contribution in [3.63, 3.8) is 0 Å². The zero-order valence-electron chi connectivity index (χ0n) is 16.2. The van der Waals surface area contributed by atoms with E-state index in [1.54, 1.807) is 12.3 Å².